The molecule has 0 heterocycles. The monoisotopic (exact) mass is 381 g/mol. The maximum Gasteiger partial charge on any atom is 0.0633 e. The molecule has 2 rings (SSSR count). The second kappa shape index (κ2) is 11.8. The van der Waals surface area contributed by atoms with E-state index in [2.05, 4.69) is 61.2 Å². The van der Waals surface area contributed by atoms with Gasteiger partial charge in [-0.05, 0) is 60.8 Å². The van der Waals surface area contributed by atoms with Crippen LogP contribution in [0.1, 0.15) is 55.2 Å². The van der Waals surface area contributed by atoms with Gasteiger partial charge < -0.3 is 15.9 Å². The third-order valence-corrected chi connectivity index (χ3v) is 5.44. The van der Waals surface area contributed by atoms with Gasteiger partial charge in [0.25, 0.3) is 0 Å². The largest absolute Gasteiger partial charge is 0.394 e. The van der Waals surface area contributed by atoms with E-state index in [1.165, 1.54) is 48.8 Å². The fourth-order valence-corrected chi connectivity index (χ4v) is 3.32. The van der Waals surface area contributed by atoms with E-state index in [9.17, 15) is 10.2 Å². The highest BCUT2D eigenvalue weighted by Gasteiger charge is 2.22. The summed E-state index contributed by atoms with van der Waals surface area (Å²) in [6.45, 7) is 3.84. The molecule has 3 nitrogen and oxygen atoms in total. The highest BCUT2D eigenvalue weighted by molar-refractivity contribution is 5.63. The van der Waals surface area contributed by atoms with Crippen LogP contribution in [0.25, 0.3) is 5.57 Å². The summed E-state index contributed by atoms with van der Waals surface area (Å²) in [6, 6.07) is 19.1. The van der Waals surface area contributed by atoms with Crippen LogP contribution in [0.5, 0.6) is 0 Å². The summed E-state index contributed by atoms with van der Waals surface area (Å²) in [5.41, 5.74) is 10.00. The highest BCUT2D eigenvalue weighted by Crippen LogP contribution is 2.21. The Balaban J connectivity index is 1.65. The minimum absolute atomic E-state index is 0.205. The maximum atomic E-state index is 9.28. The van der Waals surface area contributed by atoms with Crippen LogP contribution >= 0.6 is 0 Å². The molecule has 0 amide bonds. The summed E-state index contributed by atoms with van der Waals surface area (Å²) < 4.78 is 0. The van der Waals surface area contributed by atoms with Crippen LogP contribution in [0.15, 0.2) is 61.2 Å². The van der Waals surface area contributed by atoms with Gasteiger partial charge in [-0.25, -0.2) is 0 Å². The van der Waals surface area contributed by atoms with Gasteiger partial charge in [0.15, 0.2) is 0 Å². The van der Waals surface area contributed by atoms with Gasteiger partial charge in [-0.15, -0.1) is 0 Å². The number of nitrogens with two attached hydrogens (primary N) is 1. The van der Waals surface area contributed by atoms with Gasteiger partial charge >= 0.3 is 0 Å². The van der Waals surface area contributed by atoms with Crippen molar-refractivity contribution in [2.75, 3.05) is 13.2 Å². The van der Waals surface area contributed by atoms with Crippen LogP contribution in [0.3, 0.4) is 0 Å². The molecule has 4 N–H and O–H groups in total. The second-order valence-corrected chi connectivity index (χ2v) is 7.88. The molecular formula is C25H35NO2. The van der Waals surface area contributed by atoms with Crippen molar-refractivity contribution in [3.63, 3.8) is 0 Å². The average Bonchev–Trinajstić information content (AvgIpc) is 2.75. The molecule has 0 aliphatic heterocycles. The van der Waals surface area contributed by atoms with Gasteiger partial charge in [0.05, 0.1) is 18.8 Å². The minimum Gasteiger partial charge on any atom is -0.394 e. The Labute approximate surface area is 169 Å². The van der Waals surface area contributed by atoms with E-state index in [1.807, 2.05) is 0 Å². The summed E-state index contributed by atoms with van der Waals surface area (Å²) in [4.78, 5) is 0. The fourth-order valence-electron chi connectivity index (χ4n) is 3.32. The van der Waals surface area contributed by atoms with Crippen LogP contribution in [0.4, 0.5) is 0 Å². The zero-order valence-electron chi connectivity index (χ0n) is 16.9. The first-order chi connectivity index (χ1) is 13.6. The number of allylic oxidation sites excluding steroid dienone is 1. The lowest BCUT2D eigenvalue weighted by molar-refractivity contribution is 0.115. The molecule has 152 valence electrons. The summed E-state index contributed by atoms with van der Waals surface area (Å²) in [7, 11) is 0. The van der Waals surface area contributed by atoms with Crippen molar-refractivity contribution in [3.8, 4) is 0 Å². The number of aliphatic hydroxyl groups excluding tert-OH is 2. The standard InChI is InChI=1S/C25H35NO2/c1-21(9-5-2-3-6-10-22-11-7-4-8-12-22)24-15-13-23(14-16-24)17-18-25(26,19-27)20-28/h4,7-8,11-16,27-28H,1-3,5-6,9-10,17-20,26H2. The summed E-state index contributed by atoms with van der Waals surface area (Å²) in [6.07, 6.45) is 8.43. The molecule has 0 saturated carbocycles. The fraction of sp³-hybridized carbons (Fsp3) is 0.440. The van der Waals surface area contributed by atoms with Gasteiger partial charge in [0.1, 0.15) is 0 Å². The Morgan fingerprint density at radius 2 is 1.39 bits per heavy atom. The number of unbranched alkanes of at least 4 members (excludes halogenated alkanes) is 3. The van der Waals surface area contributed by atoms with Crippen LogP contribution in [-0.4, -0.2) is 29.0 Å². The van der Waals surface area contributed by atoms with Crippen molar-refractivity contribution < 1.29 is 10.2 Å². The van der Waals surface area contributed by atoms with Gasteiger partial charge in [0.2, 0.25) is 0 Å². The van der Waals surface area contributed by atoms with Crippen molar-refractivity contribution in [3.05, 3.63) is 77.9 Å². The van der Waals surface area contributed by atoms with Crippen molar-refractivity contribution in [1.29, 1.82) is 0 Å². The number of aryl methyl sites for hydroxylation is 2. The molecule has 0 atom stereocenters. The molecule has 0 saturated heterocycles. The average molecular weight is 382 g/mol. The first-order valence-electron chi connectivity index (χ1n) is 10.4. The van der Waals surface area contributed by atoms with E-state index in [4.69, 9.17) is 5.73 Å². The lowest BCUT2D eigenvalue weighted by Gasteiger charge is -2.24. The van der Waals surface area contributed by atoms with E-state index >= 15 is 0 Å². The molecule has 28 heavy (non-hydrogen) atoms. The molecule has 0 spiro atoms. The van der Waals surface area contributed by atoms with Crippen LogP contribution in [0.2, 0.25) is 0 Å². The quantitative estimate of drug-likeness (QED) is 0.447. The zero-order valence-corrected chi connectivity index (χ0v) is 16.9. The Morgan fingerprint density at radius 1 is 0.786 bits per heavy atom. The Hall–Kier alpha value is -1.94. The molecule has 0 bridgehead atoms. The van der Waals surface area contributed by atoms with Gasteiger partial charge in [-0.1, -0.05) is 74.0 Å². The lowest BCUT2D eigenvalue weighted by atomic mass is 9.93. The molecule has 0 fully saturated rings. The topological polar surface area (TPSA) is 66.5 Å². The number of hydrogen-bond donors (Lipinski definition) is 3. The smallest absolute Gasteiger partial charge is 0.0633 e. The van der Waals surface area contributed by atoms with E-state index in [-0.39, 0.29) is 13.2 Å². The van der Waals surface area contributed by atoms with Crippen molar-refractivity contribution >= 4 is 5.57 Å². The Kier molecular flexibility index (Phi) is 9.42. The second-order valence-electron chi connectivity index (χ2n) is 7.88. The predicted molar refractivity (Wildman–Crippen MR) is 118 cm³/mol. The Morgan fingerprint density at radius 3 is 2.04 bits per heavy atom. The SMILES string of the molecule is C=C(CCCCCCc1ccccc1)c1ccc(CCC(N)(CO)CO)cc1. The molecule has 3 heteroatoms. The number of benzene rings is 2. The molecule has 0 aliphatic rings. The van der Waals surface area contributed by atoms with Gasteiger partial charge in [-0.3, -0.25) is 0 Å². The van der Waals surface area contributed by atoms with Crippen molar-refractivity contribution in [1.82, 2.24) is 0 Å². The minimum atomic E-state index is -0.900. The molecule has 0 aromatic heterocycles. The Bertz CT molecular complexity index is 690. The van der Waals surface area contributed by atoms with Crippen molar-refractivity contribution in [2.24, 2.45) is 5.73 Å². The predicted octanol–water partition coefficient (Wildman–Crippen LogP) is 4.51. The van der Waals surface area contributed by atoms with E-state index < -0.39 is 5.54 Å². The lowest BCUT2D eigenvalue weighted by Crippen LogP contribution is -2.47. The maximum absolute atomic E-state index is 9.28. The molecule has 2 aromatic rings. The first-order valence-corrected chi connectivity index (χ1v) is 10.4. The number of rotatable bonds is 13. The summed E-state index contributed by atoms with van der Waals surface area (Å²) in [5, 5.41) is 18.6. The first kappa shape index (κ1) is 22.4. The molecule has 0 aliphatic carbocycles. The van der Waals surface area contributed by atoms with Crippen LogP contribution < -0.4 is 5.73 Å². The molecule has 0 radical (unpaired) electrons. The van der Waals surface area contributed by atoms with Gasteiger partial charge in [-0.2, -0.15) is 0 Å². The van der Waals surface area contributed by atoms with E-state index in [1.54, 1.807) is 0 Å². The number of aliphatic hydroxyl groups is 2. The van der Waals surface area contributed by atoms with E-state index in [0.29, 0.717) is 6.42 Å². The summed E-state index contributed by atoms with van der Waals surface area (Å²) in [5.74, 6) is 0. The normalized spacial score (nSPS) is 11.5. The third kappa shape index (κ3) is 7.59. The number of hydrogen-bond acceptors (Lipinski definition) is 3. The molecular weight excluding hydrogens is 346 g/mol. The van der Waals surface area contributed by atoms with Crippen LogP contribution in [0, 0.1) is 0 Å². The van der Waals surface area contributed by atoms with Gasteiger partial charge in [0, 0.05) is 0 Å². The van der Waals surface area contributed by atoms with E-state index in [0.717, 1.165) is 18.4 Å². The highest BCUT2D eigenvalue weighted by atomic mass is 16.3. The van der Waals surface area contributed by atoms with Crippen LogP contribution in [-0.2, 0) is 12.8 Å². The molecule has 2 aromatic carbocycles. The van der Waals surface area contributed by atoms with Crippen molar-refractivity contribution in [2.45, 2.75) is 56.9 Å². The molecule has 0 unspecified atom stereocenters. The summed E-state index contributed by atoms with van der Waals surface area (Å²) >= 11 is 0. The third-order valence-electron chi connectivity index (χ3n) is 5.44. The zero-order chi connectivity index (χ0) is 20.2.